The van der Waals surface area contributed by atoms with Crippen molar-refractivity contribution in [3.05, 3.63) is 23.7 Å². The Morgan fingerprint density at radius 3 is 3.07 bits per heavy atom. The average molecular weight is 208 g/mol. The molecule has 0 bridgehead atoms. The van der Waals surface area contributed by atoms with Crippen LogP contribution >= 0.6 is 0 Å². The highest BCUT2D eigenvalue weighted by Crippen LogP contribution is 2.14. The van der Waals surface area contributed by atoms with Crippen LogP contribution in [0, 0.1) is 6.92 Å². The van der Waals surface area contributed by atoms with Crippen LogP contribution in [0.15, 0.2) is 16.7 Å². The van der Waals surface area contributed by atoms with Crippen molar-refractivity contribution in [2.45, 2.75) is 19.9 Å². The van der Waals surface area contributed by atoms with Crippen molar-refractivity contribution in [2.24, 2.45) is 0 Å². The number of aryl methyl sites for hydroxylation is 1. The summed E-state index contributed by atoms with van der Waals surface area (Å²) in [5.74, 6) is 0.482. The number of carbonyl (C=O) groups excluding carboxylic acids is 1. The normalized spacial score (nSPS) is 21.7. The molecule has 0 aliphatic carbocycles. The van der Waals surface area contributed by atoms with Crippen molar-refractivity contribution in [1.29, 1.82) is 0 Å². The molecule has 1 unspecified atom stereocenters. The molecule has 1 amide bonds. The number of piperazine rings is 1. The minimum atomic E-state index is 0.00602. The first kappa shape index (κ1) is 10.2. The number of furan rings is 1. The van der Waals surface area contributed by atoms with E-state index in [-0.39, 0.29) is 11.9 Å². The second kappa shape index (κ2) is 4.06. The third-order valence-electron chi connectivity index (χ3n) is 2.82. The molecule has 1 fully saturated rings. The van der Waals surface area contributed by atoms with Crippen molar-refractivity contribution in [2.75, 3.05) is 19.6 Å². The summed E-state index contributed by atoms with van der Waals surface area (Å²) in [4.78, 5) is 14.0. The molecule has 2 heterocycles. The quantitative estimate of drug-likeness (QED) is 0.749. The number of hydrogen-bond acceptors (Lipinski definition) is 3. The number of nitrogens with one attached hydrogen (secondary N) is 1. The maximum atomic E-state index is 12.1. The Morgan fingerprint density at radius 1 is 1.67 bits per heavy atom. The molecule has 1 aliphatic rings. The Morgan fingerprint density at radius 2 is 2.47 bits per heavy atom. The molecule has 1 saturated heterocycles. The molecule has 1 atom stereocenters. The smallest absolute Gasteiger partial charge is 0.290 e. The van der Waals surface area contributed by atoms with Gasteiger partial charge in [-0.3, -0.25) is 4.79 Å². The topological polar surface area (TPSA) is 45.5 Å². The molecule has 1 N–H and O–H groups in total. The Labute approximate surface area is 89.2 Å². The van der Waals surface area contributed by atoms with Gasteiger partial charge in [0.2, 0.25) is 0 Å². The maximum absolute atomic E-state index is 12.1. The summed E-state index contributed by atoms with van der Waals surface area (Å²) in [6.45, 7) is 6.40. The van der Waals surface area contributed by atoms with Gasteiger partial charge in [0.1, 0.15) is 0 Å². The van der Waals surface area contributed by atoms with Crippen molar-refractivity contribution >= 4 is 5.91 Å². The van der Waals surface area contributed by atoms with Crippen LogP contribution in [-0.4, -0.2) is 36.5 Å². The lowest BCUT2D eigenvalue weighted by atomic mass is 10.2. The van der Waals surface area contributed by atoms with Crippen LogP contribution < -0.4 is 5.32 Å². The SMILES string of the molecule is Cc1ccoc1C(=O)N1CCNCC1C. The highest BCUT2D eigenvalue weighted by Gasteiger charge is 2.26. The van der Waals surface area contributed by atoms with Crippen LogP contribution in [0.1, 0.15) is 23.0 Å². The van der Waals surface area contributed by atoms with Crippen LogP contribution in [0.25, 0.3) is 0 Å². The van der Waals surface area contributed by atoms with E-state index in [2.05, 4.69) is 5.32 Å². The molecule has 2 rings (SSSR count). The van der Waals surface area contributed by atoms with E-state index in [1.54, 1.807) is 6.26 Å². The van der Waals surface area contributed by atoms with Crippen LogP contribution in [-0.2, 0) is 0 Å². The predicted molar refractivity (Wildman–Crippen MR) is 56.8 cm³/mol. The first-order chi connectivity index (χ1) is 7.20. The summed E-state index contributed by atoms with van der Waals surface area (Å²) in [6.07, 6.45) is 1.56. The van der Waals surface area contributed by atoms with Gasteiger partial charge in [0, 0.05) is 31.2 Å². The third-order valence-corrected chi connectivity index (χ3v) is 2.82. The second-order valence-corrected chi connectivity index (χ2v) is 3.98. The lowest BCUT2D eigenvalue weighted by Gasteiger charge is -2.33. The zero-order valence-electron chi connectivity index (χ0n) is 9.12. The third kappa shape index (κ3) is 1.90. The summed E-state index contributed by atoms with van der Waals surface area (Å²) in [5, 5.41) is 3.25. The van der Waals surface area contributed by atoms with E-state index in [0.29, 0.717) is 5.76 Å². The van der Waals surface area contributed by atoms with Gasteiger partial charge in [-0.2, -0.15) is 0 Å². The fourth-order valence-corrected chi connectivity index (χ4v) is 1.87. The predicted octanol–water partition coefficient (Wildman–Crippen LogP) is 1.02. The first-order valence-corrected chi connectivity index (χ1v) is 5.26. The summed E-state index contributed by atoms with van der Waals surface area (Å²) < 4.78 is 5.22. The molecule has 4 nitrogen and oxygen atoms in total. The zero-order valence-corrected chi connectivity index (χ0v) is 9.12. The average Bonchev–Trinajstić information content (AvgIpc) is 2.64. The number of carbonyl (C=O) groups is 1. The number of amides is 1. The minimum Gasteiger partial charge on any atom is -0.459 e. The van der Waals surface area contributed by atoms with Gasteiger partial charge in [-0.05, 0) is 19.9 Å². The molecule has 0 radical (unpaired) electrons. The fraction of sp³-hybridized carbons (Fsp3) is 0.545. The molecule has 4 heteroatoms. The van der Waals surface area contributed by atoms with E-state index in [0.717, 1.165) is 25.2 Å². The second-order valence-electron chi connectivity index (χ2n) is 3.98. The molecule has 1 aliphatic heterocycles. The summed E-state index contributed by atoms with van der Waals surface area (Å²) in [6, 6.07) is 2.05. The Hall–Kier alpha value is -1.29. The van der Waals surface area contributed by atoms with Gasteiger partial charge in [-0.1, -0.05) is 0 Å². The van der Waals surface area contributed by atoms with Crippen molar-refractivity contribution < 1.29 is 9.21 Å². The standard InChI is InChI=1S/C11H16N2O2/c1-8-3-6-15-10(8)11(14)13-5-4-12-7-9(13)2/h3,6,9,12H,4-5,7H2,1-2H3. The highest BCUT2D eigenvalue weighted by atomic mass is 16.3. The van der Waals surface area contributed by atoms with Gasteiger partial charge in [0.05, 0.1) is 6.26 Å². The summed E-state index contributed by atoms with van der Waals surface area (Å²) in [5.41, 5.74) is 0.908. The molecule has 1 aromatic heterocycles. The van der Waals surface area contributed by atoms with Crippen molar-refractivity contribution in [1.82, 2.24) is 10.2 Å². The monoisotopic (exact) mass is 208 g/mol. The van der Waals surface area contributed by atoms with Crippen LogP contribution in [0.5, 0.6) is 0 Å². The Bertz CT molecular complexity index is 359. The zero-order chi connectivity index (χ0) is 10.8. The number of hydrogen-bond donors (Lipinski definition) is 1. The number of nitrogens with zero attached hydrogens (tertiary/aromatic N) is 1. The summed E-state index contributed by atoms with van der Waals surface area (Å²) >= 11 is 0. The van der Waals surface area contributed by atoms with Gasteiger partial charge in [-0.15, -0.1) is 0 Å². The number of rotatable bonds is 1. The molecule has 82 valence electrons. The van der Waals surface area contributed by atoms with Gasteiger partial charge < -0.3 is 14.6 Å². The molecular weight excluding hydrogens is 192 g/mol. The van der Waals surface area contributed by atoms with Crippen LogP contribution in [0.4, 0.5) is 0 Å². The van der Waals surface area contributed by atoms with E-state index in [1.807, 2.05) is 24.8 Å². The molecule has 15 heavy (non-hydrogen) atoms. The lowest BCUT2D eigenvalue weighted by molar-refractivity contribution is 0.0622. The van der Waals surface area contributed by atoms with E-state index < -0.39 is 0 Å². The molecule has 0 spiro atoms. The molecule has 0 saturated carbocycles. The fourth-order valence-electron chi connectivity index (χ4n) is 1.87. The lowest BCUT2D eigenvalue weighted by Crippen LogP contribution is -2.52. The Kier molecular flexibility index (Phi) is 2.77. The van der Waals surface area contributed by atoms with E-state index in [1.165, 1.54) is 0 Å². The van der Waals surface area contributed by atoms with E-state index in [4.69, 9.17) is 4.42 Å². The van der Waals surface area contributed by atoms with Gasteiger partial charge in [0.25, 0.3) is 5.91 Å². The maximum Gasteiger partial charge on any atom is 0.290 e. The molecule has 0 aromatic carbocycles. The Balaban J connectivity index is 2.17. The highest BCUT2D eigenvalue weighted by molar-refractivity contribution is 5.93. The van der Waals surface area contributed by atoms with Crippen LogP contribution in [0.3, 0.4) is 0 Å². The van der Waals surface area contributed by atoms with E-state index in [9.17, 15) is 4.79 Å². The first-order valence-electron chi connectivity index (χ1n) is 5.26. The molecular formula is C11H16N2O2. The minimum absolute atomic E-state index is 0.00602. The van der Waals surface area contributed by atoms with Gasteiger partial charge >= 0.3 is 0 Å². The largest absolute Gasteiger partial charge is 0.459 e. The van der Waals surface area contributed by atoms with Crippen LogP contribution in [0.2, 0.25) is 0 Å². The molecule has 1 aromatic rings. The van der Waals surface area contributed by atoms with Crippen molar-refractivity contribution in [3.8, 4) is 0 Å². The van der Waals surface area contributed by atoms with Gasteiger partial charge in [-0.25, -0.2) is 0 Å². The van der Waals surface area contributed by atoms with Crippen molar-refractivity contribution in [3.63, 3.8) is 0 Å². The summed E-state index contributed by atoms with van der Waals surface area (Å²) in [7, 11) is 0. The van der Waals surface area contributed by atoms with Gasteiger partial charge in [0.15, 0.2) is 5.76 Å². The van der Waals surface area contributed by atoms with E-state index >= 15 is 0 Å².